The lowest BCUT2D eigenvalue weighted by Crippen LogP contribution is -2.36. The fraction of sp³-hybridized carbons (Fsp3) is 0.167. The molecule has 1 aliphatic heterocycles. The van der Waals surface area contributed by atoms with Crippen LogP contribution in [0.4, 0.5) is 15.8 Å². The molecule has 5 heteroatoms. The Hall–Kier alpha value is -3.47. The van der Waals surface area contributed by atoms with E-state index in [0.29, 0.717) is 12.1 Å². The van der Waals surface area contributed by atoms with Crippen LogP contribution in [0.25, 0.3) is 0 Å². The Balaban J connectivity index is 1.60. The number of halogens is 1. The summed E-state index contributed by atoms with van der Waals surface area (Å²) in [4.78, 5) is 27.2. The number of para-hydroxylation sites is 1. The predicted octanol–water partition coefficient (Wildman–Crippen LogP) is 4.98. The minimum atomic E-state index is -0.529. The number of anilines is 2. The zero-order chi connectivity index (χ0) is 20.4. The fourth-order valence-corrected chi connectivity index (χ4v) is 3.64. The third-order valence-corrected chi connectivity index (χ3v) is 5.20. The topological polar surface area (TPSA) is 49.4 Å². The summed E-state index contributed by atoms with van der Waals surface area (Å²) < 4.78 is 14.1. The van der Waals surface area contributed by atoms with E-state index in [4.69, 9.17) is 0 Å². The van der Waals surface area contributed by atoms with Gasteiger partial charge in [-0.3, -0.25) is 9.59 Å². The van der Waals surface area contributed by atoms with Crippen molar-refractivity contribution >= 4 is 23.2 Å². The summed E-state index contributed by atoms with van der Waals surface area (Å²) in [5.74, 6) is -1.08. The molecule has 0 bridgehead atoms. The van der Waals surface area contributed by atoms with Crippen molar-refractivity contribution in [3.05, 3.63) is 94.8 Å². The third kappa shape index (κ3) is 3.76. The summed E-state index contributed by atoms with van der Waals surface area (Å²) >= 11 is 0. The molecule has 1 N–H and O–H groups in total. The maximum Gasteiger partial charge on any atom is 0.261 e. The Morgan fingerprint density at radius 3 is 2.55 bits per heavy atom. The van der Waals surface area contributed by atoms with Gasteiger partial charge in [0.05, 0.1) is 5.56 Å². The van der Waals surface area contributed by atoms with Gasteiger partial charge in [0.15, 0.2) is 0 Å². The van der Waals surface area contributed by atoms with Crippen molar-refractivity contribution in [3.63, 3.8) is 0 Å². The summed E-state index contributed by atoms with van der Waals surface area (Å²) in [5, 5.41) is 2.93. The highest BCUT2D eigenvalue weighted by atomic mass is 19.1. The molecule has 1 heterocycles. The fourth-order valence-electron chi connectivity index (χ4n) is 3.64. The Bertz CT molecular complexity index is 1090. The summed E-state index contributed by atoms with van der Waals surface area (Å²) in [7, 11) is 0. The van der Waals surface area contributed by atoms with Gasteiger partial charge in [-0.1, -0.05) is 30.3 Å². The third-order valence-electron chi connectivity index (χ3n) is 5.20. The summed E-state index contributed by atoms with van der Waals surface area (Å²) in [6.45, 7) is 2.46. The van der Waals surface area contributed by atoms with Gasteiger partial charge in [0.25, 0.3) is 11.8 Å². The summed E-state index contributed by atoms with van der Waals surface area (Å²) in [5.41, 5.74) is 4.00. The van der Waals surface area contributed by atoms with E-state index in [1.165, 1.54) is 12.1 Å². The van der Waals surface area contributed by atoms with Gasteiger partial charge in [-0.05, 0) is 67.3 Å². The van der Waals surface area contributed by atoms with Gasteiger partial charge in [-0.15, -0.1) is 0 Å². The normalized spacial score (nSPS) is 13.0. The number of aryl methyl sites for hydroxylation is 2. The minimum absolute atomic E-state index is 0.0572. The zero-order valence-corrected chi connectivity index (χ0v) is 16.1. The average Bonchev–Trinajstić information content (AvgIpc) is 2.74. The van der Waals surface area contributed by atoms with E-state index in [1.54, 1.807) is 29.2 Å². The molecule has 29 heavy (non-hydrogen) atoms. The Morgan fingerprint density at radius 2 is 1.76 bits per heavy atom. The molecule has 0 saturated carbocycles. The number of nitrogens with zero attached hydrogens (tertiary/aromatic N) is 1. The molecule has 0 radical (unpaired) electrons. The highest BCUT2D eigenvalue weighted by Gasteiger charge is 2.26. The number of carbonyl (C=O) groups is 2. The van der Waals surface area contributed by atoms with E-state index >= 15 is 0 Å². The van der Waals surface area contributed by atoms with Gasteiger partial charge in [-0.25, -0.2) is 4.39 Å². The van der Waals surface area contributed by atoms with Crippen LogP contribution in [0.2, 0.25) is 0 Å². The molecular weight excluding hydrogens is 367 g/mol. The highest BCUT2D eigenvalue weighted by molar-refractivity contribution is 6.08. The van der Waals surface area contributed by atoms with Crippen molar-refractivity contribution in [2.24, 2.45) is 0 Å². The highest BCUT2D eigenvalue weighted by Crippen LogP contribution is 2.30. The van der Waals surface area contributed by atoms with Crippen molar-refractivity contribution in [1.29, 1.82) is 0 Å². The number of benzene rings is 3. The van der Waals surface area contributed by atoms with Crippen LogP contribution in [0.3, 0.4) is 0 Å². The lowest BCUT2D eigenvalue weighted by Gasteiger charge is -2.30. The molecule has 146 valence electrons. The molecule has 3 aromatic rings. The van der Waals surface area contributed by atoms with Crippen LogP contribution >= 0.6 is 0 Å². The second kappa shape index (κ2) is 7.87. The smallest absolute Gasteiger partial charge is 0.261 e. The first kappa shape index (κ1) is 18.9. The largest absolute Gasteiger partial charge is 0.322 e. The molecule has 0 aromatic heterocycles. The van der Waals surface area contributed by atoms with Crippen molar-refractivity contribution in [3.8, 4) is 0 Å². The maximum atomic E-state index is 14.1. The minimum Gasteiger partial charge on any atom is -0.322 e. The SMILES string of the molecule is Cc1ccccc1NC(=O)c1ccc2c(c1)CCCN2C(=O)c1ccccc1F. The van der Waals surface area contributed by atoms with E-state index in [2.05, 4.69) is 5.32 Å². The number of fused-ring (bicyclic) bond motifs is 1. The lowest BCUT2D eigenvalue weighted by atomic mass is 9.98. The van der Waals surface area contributed by atoms with Crippen molar-refractivity contribution in [1.82, 2.24) is 0 Å². The number of hydrogen-bond donors (Lipinski definition) is 1. The molecule has 0 aliphatic carbocycles. The second-order valence-electron chi connectivity index (χ2n) is 7.15. The van der Waals surface area contributed by atoms with E-state index in [9.17, 15) is 14.0 Å². The molecule has 0 unspecified atom stereocenters. The van der Waals surface area contributed by atoms with Gasteiger partial charge in [-0.2, -0.15) is 0 Å². The van der Waals surface area contributed by atoms with Gasteiger partial charge < -0.3 is 10.2 Å². The number of nitrogens with one attached hydrogen (secondary N) is 1. The molecule has 1 aliphatic rings. The monoisotopic (exact) mass is 388 g/mol. The van der Waals surface area contributed by atoms with Gasteiger partial charge in [0, 0.05) is 23.5 Å². The van der Waals surface area contributed by atoms with Gasteiger partial charge in [0.1, 0.15) is 5.82 Å². The molecule has 4 rings (SSSR count). The molecule has 4 nitrogen and oxygen atoms in total. The van der Waals surface area contributed by atoms with Crippen molar-refractivity contribution in [2.45, 2.75) is 19.8 Å². The number of hydrogen-bond acceptors (Lipinski definition) is 2. The summed E-state index contributed by atoms with van der Waals surface area (Å²) in [6, 6.07) is 18.9. The van der Waals surface area contributed by atoms with Crippen molar-refractivity contribution < 1.29 is 14.0 Å². The standard InChI is InChI=1S/C24H21FN2O2/c1-16-7-2-5-11-21(16)26-23(28)18-12-13-22-17(15-18)8-6-14-27(22)24(29)19-9-3-4-10-20(19)25/h2-5,7,9-13,15H,6,8,14H2,1H3,(H,26,28). The van der Waals surface area contributed by atoms with Crippen LogP contribution in [0.5, 0.6) is 0 Å². The molecule has 0 fully saturated rings. The molecule has 3 aromatic carbocycles. The van der Waals surface area contributed by atoms with E-state index in [0.717, 1.165) is 35.3 Å². The van der Waals surface area contributed by atoms with Crippen LogP contribution in [0, 0.1) is 12.7 Å². The quantitative estimate of drug-likeness (QED) is 0.688. The van der Waals surface area contributed by atoms with Crippen LogP contribution in [-0.4, -0.2) is 18.4 Å². The second-order valence-corrected chi connectivity index (χ2v) is 7.15. The lowest BCUT2D eigenvalue weighted by molar-refractivity contribution is 0.0980. The first-order valence-corrected chi connectivity index (χ1v) is 9.61. The van der Waals surface area contributed by atoms with E-state index in [-0.39, 0.29) is 17.4 Å². The molecule has 2 amide bonds. The Morgan fingerprint density at radius 1 is 1.00 bits per heavy atom. The van der Waals surface area contributed by atoms with Gasteiger partial charge >= 0.3 is 0 Å². The van der Waals surface area contributed by atoms with E-state index < -0.39 is 5.82 Å². The molecular formula is C24H21FN2O2. The van der Waals surface area contributed by atoms with Crippen LogP contribution in [0.1, 0.15) is 38.3 Å². The predicted molar refractivity (Wildman–Crippen MR) is 112 cm³/mol. The van der Waals surface area contributed by atoms with Gasteiger partial charge in [0.2, 0.25) is 0 Å². The van der Waals surface area contributed by atoms with Crippen LogP contribution in [-0.2, 0) is 6.42 Å². The first-order valence-electron chi connectivity index (χ1n) is 9.61. The number of rotatable bonds is 3. The molecule has 0 saturated heterocycles. The number of carbonyl (C=O) groups excluding carboxylic acids is 2. The molecule has 0 atom stereocenters. The number of amides is 2. The van der Waals surface area contributed by atoms with Crippen molar-refractivity contribution in [2.75, 3.05) is 16.8 Å². The summed E-state index contributed by atoms with van der Waals surface area (Å²) in [6.07, 6.45) is 1.53. The van der Waals surface area contributed by atoms with Crippen LogP contribution < -0.4 is 10.2 Å². The Kier molecular flexibility index (Phi) is 5.12. The average molecular weight is 388 g/mol. The van der Waals surface area contributed by atoms with E-state index in [1.807, 2.05) is 37.3 Å². The molecule has 0 spiro atoms. The zero-order valence-electron chi connectivity index (χ0n) is 16.1. The first-order chi connectivity index (χ1) is 14.0. The van der Waals surface area contributed by atoms with Crippen LogP contribution in [0.15, 0.2) is 66.7 Å². The maximum absolute atomic E-state index is 14.1. The Labute approximate surface area is 169 Å².